The maximum Gasteiger partial charge on any atom is 0.287 e. The number of nitrogens with two attached hydrogens (primary N) is 1. The molecule has 6 heteroatoms. The van der Waals surface area contributed by atoms with Crippen molar-refractivity contribution in [3.05, 3.63) is 62.6 Å². The standard InChI is InChI=1S/C15H15BrN2O3/c1-2-12(17)10-5-3-6-11(9-10)21-14-8-4-7-13(15(14)16)18(19)20/h3-9,12H,2,17H2,1H3. The molecule has 5 nitrogen and oxygen atoms in total. The highest BCUT2D eigenvalue weighted by Gasteiger charge is 2.16. The zero-order valence-corrected chi connectivity index (χ0v) is 13.0. The number of ether oxygens (including phenoxy) is 1. The van der Waals surface area contributed by atoms with Crippen LogP contribution >= 0.6 is 15.9 Å². The van der Waals surface area contributed by atoms with Gasteiger partial charge in [0.2, 0.25) is 0 Å². The van der Waals surface area contributed by atoms with Crippen molar-refractivity contribution in [2.24, 2.45) is 5.73 Å². The lowest BCUT2D eigenvalue weighted by Gasteiger charge is -2.12. The number of nitrogens with zero attached hydrogens (tertiary/aromatic N) is 1. The van der Waals surface area contributed by atoms with Crippen molar-refractivity contribution < 1.29 is 9.66 Å². The Labute approximate surface area is 131 Å². The highest BCUT2D eigenvalue weighted by Crippen LogP contribution is 2.36. The third-order valence-corrected chi connectivity index (χ3v) is 3.89. The van der Waals surface area contributed by atoms with Crippen LogP contribution in [0.5, 0.6) is 11.5 Å². The smallest absolute Gasteiger partial charge is 0.287 e. The summed E-state index contributed by atoms with van der Waals surface area (Å²) in [6, 6.07) is 12.0. The molecule has 110 valence electrons. The zero-order chi connectivity index (χ0) is 15.4. The van der Waals surface area contributed by atoms with Gasteiger partial charge in [0.25, 0.3) is 5.69 Å². The van der Waals surface area contributed by atoms with Gasteiger partial charge in [-0.25, -0.2) is 0 Å². The molecular weight excluding hydrogens is 336 g/mol. The van der Waals surface area contributed by atoms with Gasteiger partial charge in [-0.15, -0.1) is 0 Å². The molecule has 0 aliphatic rings. The molecule has 2 aromatic carbocycles. The van der Waals surface area contributed by atoms with E-state index >= 15 is 0 Å². The van der Waals surface area contributed by atoms with Gasteiger partial charge in [-0.05, 0) is 46.1 Å². The second-order valence-electron chi connectivity index (χ2n) is 4.54. The van der Waals surface area contributed by atoms with Crippen molar-refractivity contribution in [2.75, 3.05) is 0 Å². The topological polar surface area (TPSA) is 78.4 Å². The largest absolute Gasteiger partial charge is 0.456 e. The summed E-state index contributed by atoms with van der Waals surface area (Å²) in [5.41, 5.74) is 6.93. The van der Waals surface area contributed by atoms with Crippen molar-refractivity contribution >= 4 is 21.6 Å². The highest BCUT2D eigenvalue weighted by molar-refractivity contribution is 9.10. The first kappa shape index (κ1) is 15.5. The number of rotatable bonds is 5. The van der Waals surface area contributed by atoms with Crippen molar-refractivity contribution in [3.63, 3.8) is 0 Å². The minimum atomic E-state index is -0.458. The molecule has 0 fully saturated rings. The molecule has 0 saturated carbocycles. The number of nitro groups is 1. The predicted octanol–water partition coefficient (Wildman–Crippen LogP) is 4.56. The summed E-state index contributed by atoms with van der Waals surface area (Å²) in [6.45, 7) is 2.01. The molecule has 0 heterocycles. The van der Waals surface area contributed by atoms with Gasteiger partial charge in [0, 0.05) is 12.1 Å². The fourth-order valence-electron chi connectivity index (χ4n) is 1.89. The van der Waals surface area contributed by atoms with Gasteiger partial charge in [0.15, 0.2) is 0 Å². The van der Waals surface area contributed by atoms with Crippen LogP contribution < -0.4 is 10.5 Å². The quantitative estimate of drug-likeness (QED) is 0.633. The number of benzene rings is 2. The first-order valence-electron chi connectivity index (χ1n) is 6.49. The van der Waals surface area contributed by atoms with Crippen molar-refractivity contribution in [1.29, 1.82) is 0 Å². The molecule has 0 radical (unpaired) electrons. The molecule has 0 saturated heterocycles. The summed E-state index contributed by atoms with van der Waals surface area (Å²) in [6.07, 6.45) is 0.823. The second kappa shape index (κ2) is 6.69. The molecule has 2 aromatic rings. The van der Waals surface area contributed by atoms with Crippen LogP contribution in [0.3, 0.4) is 0 Å². The maximum absolute atomic E-state index is 10.9. The van der Waals surface area contributed by atoms with E-state index in [-0.39, 0.29) is 11.7 Å². The molecule has 0 bridgehead atoms. The van der Waals surface area contributed by atoms with Crippen molar-refractivity contribution in [3.8, 4) is 11.5 Å². The van der Waals surface area contributed by atoms with Crippen molar-refractivity contribution in [2.45, 2.75) is 19.4 Å². The fourth-order valence-corrected chi connectivity index (χ4v) is 2.38. The molecule has 0 aliphatic heterocycles. The fraction of sp³-hybridized carbons (Fsp3) is 0.200. The Morgan fingerprint density at radius 3 is 2.71 bits per heavy atom. The average Bonchev–Trinajstić information content (AvgIpc) is 2.48. The maximum atomic E-state index is 10.9. The Hall–Kier alpha value is -1.92. The minimum absolute atomic E-state index is 0.0334. The predicted molar refractivity (Wildman–Crippen MR) is 84.5 cm³/mol. The summed E-state index contributed by atoms with van der Waals surface area (Å²) in [7, 11) is 0. The van der Waals surface area contributed by atoms with Crippen LogP contribution in [0, 0.1) is 10.1 Å². The van der Waals surface area contributed by atoms with E-state index in [2.05, 4.69) is 15.9 Å². The molecule has 0 amide bonds. The summed E-state index contributed by atoms with van der Waals surface area (Å²) in [5, 5.41) is 10.9. The van der Waals surface area contributed by atoms with Crippen molar-refractivity contribution in [1.82, 2.24) is 0 Å². The molecule has 1 atom stereocenters. The van der Waals surface area contributed by atoms with Gasteiger partial charge in [-0.3, -0.25) is 10.1 Å². The molecule has 0 aliphatic carbocycles. The van der Waals surface area contributed by atoms with Crippen LogP contribution in [-0.2, 0) is 0 Å². The summed E-state index contributed by atoms with van der Waals surface area (Å²) < 4.78 is 6.05. The first-order valence-corrected chi connectivity index (χ1v) is 7.28. The summed E-state index contributed by atoms with van der Waals surface area (Å²) >= 11 is 3.21. The number of hydrogen-bond acceptors (Lipinski definition) is 4. The van der Waals surface area contributed by atoms with Crippen LogP contribution in [0.2, 0.25) is 0 Å². The molecule has 0 aromatic heterocycles. The lowest BCUT2D eigenvalue weighted by molar-refractivity contribution is -0.385. The normalized spacial score (nSPS) is 12.0. The van der Waals surface area contributed by atoms with E-state index in [0.29, 0.717) is 16.0 Å². The van der Waals surface area contributed by atoms with Crippen LogP contribution in [0.15, 0.2) is 46.9 Å². The molecule has 21 heavy (non-hydrogen) atoms. The summed E-state index contributed by atoms with van der Waals surface area (Å²) in [5.74, 6) is 0.990. The lowest BCUT2D eigenvalue weighted by Crippen LogP contribution is -2.08. The highest BCUT2D eigenvalue weighted by atomic mass is 79.9. The van der Waals surface area contributed by atoms with E-state index in [1.54, 1.807) is 18.2 Å². The summed E-state index contributed by atoms with van der Waals surface area (Å²) in [4.78, 5) is 10.5. The Morgan fingerprint density at radius 2 is 2.05 bits per heavy atom. The lowest BCUT2D eigenvalue weighted by atomic mass is 10.1. The van der Waals surface area contributed by atoms with Gasteiger partial charge >= 0.3 is 0 Å². The van der Waals surface area contributed by atoms with Gasteiger partial charge in [-0.2, -0.15) is 0 Å². The Kier molecular flexibility index (Phi) is 4.93. The Morgan fingerprint density at radius 1 is 1.33 bits per heavy atom. The Balaban J connectivity index is 2.30. The number of nitro benzene ring substituents is 1. The van der Waals surface area contributed by atoms with Crippen LogP contribution in [0.4, 0.5) is 5.69 Å². The van der Waals surface area contributed by atoms with Gasteiger partial charge < -0.3 is 10.5 Å². The van der Waals surface area contributed by atoms with Crippen LogP contribution in [0.25, 0.3) is 0 Å². The van der Waals surface area contributed by atoms with E-state index in [1.807, 2.05) is 25.1 Å². The molecule has 2 N–H and O–H groups in total. The number of halogens is 1. The van der Waals surface area contributed by atoms with E-state index < -0.39 is 4.92 Å². The van der Waals surface area contributed by atoms with Crippen LogP contribution in [0.1, 0.15) is 24.9 Å². The van der Waals surface area contributed by atoms with Gasteiger partial charge in [-0.1, -0.05) is 25.1 Å². The first-order chi connectivity index (χ1) is 10.0. The second-order valence-corrected chi connectivity index (χ2v) is 5.33. The average molecular weight is 351 g/mol. The minimum Gasteiger partial charge on any atom is -0.456 e. The van der Waals surface area contributed by atoms with Gasteiger partial charge in [0.05, 0.1) is 4.92 Å². The van der Waals surface area contributed by atoms with E-state index in [4.69, 9.17) is 10.5 Å². The monoisotopic (exact) mass is 350 g/mol. The molecule has 1 unspecified atom stereocenters. The van der Waals surface area contributed by atoms with Crippen LogP contribution in [-0.4, -0.2) is 4.92 Å². The van der Waals surface area contributed by atoms with E-state index in [9.17, 15) is 10.1 Å². The Bertz CT molecular complexity index is 661. The molecule has 2 rings (SSSR count). The van der Waals surface area contributed by atoms with E-state index in [1.165, 1.54) is 6.07 Å². The number of hydrogen-bond donors (Lipinski definition) is 1. The third kappa shape index (κ3) is 3.59. The van der Waals surface area contributed by atoms with Gasteiger partial charge in [0.1, 0.15) is 16.0 Å². The SMILES string of the molecule is CCC(N)c1cccc(Oc2cccc([N+](=O)[O-])c2Br)c1. The van der Waals surface area contributed by atoms with E-state index in [0.717, 1.165) is 12.0 Å². The molecule has 0 spiro atoms. The zero-order valence-electron chi connectivity index (χ0n) is 11.5. The molecular formula is C15H15BrN2O3. The third-order valence-electron chi connectivity index (χ3n) is 3.09.